The fraction of sp³-hybridized carbons (Fsp3) is 0.273. The number of fused-ring (bicyclic) bond motifs is 1. The molecular formula is C33H33F3N8O. The van der Waals surface area contributed by atoms with Crippen LogP contribution in [-0.4, -0.2) is 68.5 Å². The number of anilines is 3. The van der Waals surface area contributed by atoms with Crippen LogP contribution in [-0.2, 0) is 19.8 Å². The summed E-state index contributed by atoms with van der Waals surface area (Å²) in [7, 11) is 3.90. The third kappa shape index (κ3) is 6.66. The molecule has 9 nitrogen and oxygen atoms in total. The lowest BCUT2D eigenvalue weighted by Gasteiger charge is -2.33. The molecule has 232 valence electrons. The zero-order chi connectivity index (χ0) is 31.7. The van der Waals surface area contributed by atoms with Crippen LogP contribution in [0.25, 0.3) is 22.4 Å². The van der Waals surface area contributed by atoms with Crippen molar-refractivity contribution in [3.05, 3.63) is 95.4 Å². The van der Waals surface area contributed by atoms with Gasteiger partial charge in [-0.2, -0.15) is 13.2 Å². The van der Waals surface area contributed by atoms with Gasteiger partial charge in [0.1, 0.15) is 11.5 Å². The number of benzene rings is 2. The molecule has 12 heteroatoms. The molecule has 45 heavy (non-hydrogen) atoms. The number of likely N-dealkylation sites (N-methyl/N-ethyl adjacent to an activating group) is 1. The second-order valence-corrected chi connectivity index (χ2v) is 11.4. The fourth-order valence-electron chi connectivity index (χ4n) is 5.39. The Morgan fingerprint density at radius 1 is 0.978 bits per heavy atom. The Bertz CT molecular complexity index is 1850. The van der Waals surface area contributed by atoms with E-state index >= 15 is 0 Å². The summed E-state index contributed by atoms with van der Waals surface area (Å²) >= 11 is 0. The van der Waals surface area contributed by atoms with Crippen LogP contribution in [0.5, 0.6) is 0 Å². The first-order valence-electron chi connectivity index (χ1n) is 14.6. The second-order valence-electron chi connectivity index (χ2n) is 11.4. The smallest absolute Gasteiger partial charge is 0.339 e. The number of halogens is 3. The van der Waals surface area contributed by atoms with Gasteiger partial charge in [0.15, 0.2) is 5.82 Å². The number of amides is 1. The van der Waals surface area contributed by atoms with Gasteiger partial charge in [-0.15, -0.1) is 0 Å². The van der Waals surface area contributed by atoms with Gasteiger partial charge in [-0.25, -0.2) is 9.97 Å². The minimum atomic E-state index is -4.56. The van der Waals surface area contributed by atoms with Gasteiger partial charge in [-0.3, -0.25) is 14.7 Å². The van der Waals surface area contributed by atoms with Crippen LogP contribution < -0.4 is 10.6 Å². The predicted octanol–water partition coefficient (Wildman–Crippen LogP) is 6.10. The zero-order valence-electron chi connectivity index (χ0n) is 25.2. The molecule has 5 aromatic rings. The highest BCUT2D eigenvalue weighted by atomic mass is 19.4. The molecule has 2 aromatic carbocycles. The summed E-state index contributed by atoms with van der Waals surface area (Å²) in [6, 6.07) is 14.7. The summed E-state index contributed by atoms with van der Waals surface area (Å²) in [5, 5.41) is 6.80. The number of aromatic nitrogens is 4. The summed E-state index contributed by atoms with van der Waals surface area (Å²) in [4.78, 5) is 31.1. The van der Waals surface area contributed by atoms with Gasteiger partial charge in [0.05, 0.1) is 10.9 Å². The van der Waals surface area contributed by atoms with E-state index in [1.54, 1.807) is 30.6 Å². The standard InChI is InChI=1S/C33H33F3N8O/c1-21-6-7-22(17-28(21)39-30-26-10-12-43(3)31(26)41-29(40-30)23-5-4-11-37-19-23)32(45)38-25-9-8-24(27(18-25)33(34,35)36)20-44-15-13-42(2)14-16-44/h4-12,17-19H,13-16,20H2,1-3H3,(H,38,45)(H,39,40,41). The van der Waals surface area contributed by atoms with Crippen LogP contribution in [0.2, 0.25) is 0 Å². The molecule has 1 fully saturated rings. The van der Waals surface area contributed by atoms with Crippen LogP contribution in [0, 0.1) is 6.92 Å². The molecule has 6 rings (SSSR count). The van der Waals surface area contributed by atoms with Crippen molar-refractivity contribution in [3.63, 3.8) is 0 Å². The first kappa shape index (κ1) is 30.2. The molecule has 1 aliphatic rings. The van der Waals surface area contributed by atoms with Gasteiger partial charge in [0.25, 0.3) is 5.91 Å². The maximum absolute atomic E-state index is 14.1. The molecule has 0 radical (unpaired) electrons. The first-order chi connectivity index (χ1) is 21.5. The van der Waals surface area contributed by atoms with Crippen molar-refractivity contribution in [2.24, 2.45) is 7.05 Å². The average molecular weight is 615 g/mol. The van der Waals surface area contributed by atoms with Crippen LogP contribution in [0.1, 0.15) is 27.0 Å². The monoisotopic (exact) mass is 614 g/mol. The highest BCUT2D eigenvalue weighted by molar-refractivity contribution is 6.05. The number of piperazine rings is 1. The van der Waals surface area contributed by atoms with E-state index in [1.807, 2.05) is 54.9 Å². The Balaban J connectivity index is 1.25. The number of nitrogens with one attached hydrogen (secondary N) is 2. The molecule has 0 saturated carbocycles. The minimum Gasteiger partial charge on any atom is -0.339 e. The first-order valence-corrected chi connectivity index (χ1v) is 14.6. The van der Waals surface area contributed by atoms with E-state index in [0.29, 0.717) is 30.4 Å². The van der Waals surface area contributed by atoms with E-state index in [4.69, 9.17) is 9.97 Å². The molecule has 0 bridgehead atoms. The highest BCUT2D eigenvalue weighted by Gasteiger charge is 2.34. The van der Waals surface area contributed by atoms with E-state index in [2.05, 4.69) is 20.5 Å². The van der Waals surface area contributed by atoms with Crippen molar-refractivity contribution >= 4 is 34.1 Å². The van der Waals surface area contributed by atoms with E-state index in [9.17, 15) is 18.0 Å². The van der Waals surface area contributed by atoms with E-state index in [-0.39, 0.29) is 23.4 Å². The largest absolute Gasteiger partial charge is 0.416 e. The number of pyridine rings is 1. The van der Waals surface area contributed by atoms with Crippen molar-refractivity contribution in [1.82, 2.24) is 29.3 Å². The number of alkyl halides is 3. The Morgan fingerprint density at radius 2 is 1.78 bits per heavy atom. The van der Waals surface area contributed by atoms with Gasteiger partial charge < -0.3 is 20.1 Å². The quantitative estimate of drug-likeness (QED) is 0.229. The summed E-state index contributed by atoms with van der Waals surface area (Å²) in [5.41, 5.74) is 2.75. The number of carbonyl (C=O) groups is 1. The lowest BCUT2D eigenvalue weighted by atomic mass is 10.0. The van der Waals surface area contributed by atoms with Crippen molar-refractivity contribution < 1.29 is 18.0 Å². The molecule has 1 saturated heterocycles. The summed E-state index contributed by atoms with van der Waals surface area (Å²) in [6.45, 7) is 5.11. The van der Waals surface area contributed by atoms with E-state index in [0.717, 1.165) is 41.3 Å². The molecule has 3 aromatic heterocycles. The number of carbonyl (C=O) groups excluding carboxylic acids is 1. The van der Waals surface area contributed by atoms with E-state index < -0.39 is 17.6 Å². The Morgan fingerprint density at radius 3 is 2.51 bits per heavy atom. The number of hydrogen-bond acceptors (Lipinski definition) is 7. The number of nitrogens with zero attached hydrogens (tertiary/aromatic N) is 6. The lowest BCUT2D eigenvalue weighted by molar-refractivity contribution is -0.138. The Kier molecular flexibility index (Phi) is 8.26. The van der Waals surface area contributed by atoms with Crippen molar-refractivity contribution in [1.29, 1.82) is 0 Å². The second kappa shape index (κ2) is 12.3. The molecule has 4 heterocycles. The van der Waals surface area contributed by atoms with Gasteiger partial charge in [-0.1, -0.05) is 12.1 Å². The molecule has 2 N–H and O–H groups in total. The average Bonchev–Trinajstić information content (AvgIpc) is 3.40. The number of aryl methyl sites for hydroxylation is 2. The third-order valence-corrected chi connectivity index (χ3v) is 8.06. The number of hydrogen-bond donors (Lipinski definition) is 2. The highest BCUT2D eigenvalue weighted by Crippen LogP contribution is 2.35. The summed E-state index contributed by atoms with van der Waals surface area (Å²) in [6.07, 6.45) is 0.697. The summed E-state index contributed by atoms with van der Waals surface area (Å²) < 4.78 is 44.2. The molecule has 1 aliphatic heterocycles. The maximum atomic E-state index is 14.1. The van der Waals surface area contributed by atoms with Crippen LogP contribution in [0.15, 0.2) is 73.2 Å². The van der Waals surface area contributed by atoms with Crippen molar-refractivity contribution in [2.75, 3.05) is 43.9 Å². The molecule has 1 amide bonds. The van der Waals surface area contributed by atoms with Gasteiger partial charge >= 0.3 is 6.18 Å². The van der Waals surface area contributed by atoms with Crippen LogP contribution in [0.4, 0.5) is 30.4 Å². The van der Waals surface area contributed by atoms with Crippen LogP contribution in [0.3, 0.4) is 0 Å². The zero-order valence-corrected chi connectivity index (χ0v) is 25.2. The van der Waals surface area contributed by atoms with Crippen molar-refractivity contribution in [3.8, 4) is 11.4 Å². The van der Waals surface area contributed by atoms with Gasteiger partial charge in [-0.05, 0) is 67.6 Å². The fourth-order valence-corrected chi connectivity index (χ4v) is 5.39. The summed E-state index contributed by atoms with van der Waals surface area (Å²) in [5.74, 6) is 0.510. The topological polar surface area (TPSA) is 91.2 Å². The van der Waals surface area contributed by atoms with Crippen LogP contribution >= 0.6 is 0 Å². The molecule has 0 aliphatic carbocycles. The third-order valence-electron chi connectivity index (χ3n) is 8.06. The maximum Gasteiger partial charge on any atom is 0.416 e. The molecule has 0 spiro atoms. The molecule has 0 atom stereocenters. The van der Waals surface area contributed by atoms with Crippen molar-refractivity contribution in [2.45, 2.75) is 19.6 Å². The SMILES string of the molecule is Cc1ccc(C(=O)Nc2ccc(CN3CCN(C)CC3)c(C(F)(F)F)c2)cc1Nc1nc(-c2cccnc2)nc2c1ccn2C. The van der Waals surface area contributed by atoms with E-state index in [1.165, 1.54) is 12.1 Å². The van der Waals surface area contributed by atoms with Gasteiger partial charge in [0, 0.05) is 80.9 Å². The normalized spacial score (nSPS) is 14.5. The van der Waals surface area contributed by atoms with Gasteiger partial charge in [0.2, 0.25) is 0 Å². The Labute approximate surface area is 258 Å². The molecular weight excluding hydrogens is 581 g/mol. The molecule has 0 unspecified atom stereocenters. The Hall–Kier alpha value is -4.81. The minimum absolute atomic E-state index is 0.0763. The number of rotatable bonds is 7. The lowest BCUT2D eigenvalue weighted by Crippen LogP contribution is -2.44. The predicted molar refractivity (Wildman–Crippen MR) is 168 cm³/mol.